The van der Waals surface area contributed by atoms with Crippen molar-refractivity contribution in [2.75, 3.05) is 29.5 Å². The van der Waals surface area contributed by atoms with Crippen LogP contribution in [0, 0.1) is 0 Å². The average Bonchev–Trinajstić information content (AvgIpc) is 2.87. The van der Waals surface area contributed by atoms with Gasteiger partial charge in [0.25, 0.3) is 5.91 Å². The van der Waals surface area contributed by atoms with Gasteiger partial charge in [0.15, 0.2) is 6.10 Å². The molecular weight excluding hydrogens is 384 g/mol. The van der Waals surface area contributed by atoms with Crippen LogP contribution in [0.25, 0.3) is 0 Å². The maximum absolute atomic E-state index is 12.7. The van der Waals surface area contributed by atoms with E-state index in [4.69, 9.17) is 4.74 Å². The topological polar surface area (TPSA) is 102 Å². The molecule has 1 amide bonds. The Labute approximate surface area is 163 Å². The SMILES string of the molecule is COC(=O)c1cccc(NC(=O)C2CCN(S(C)(=O)=O)c3ccccc3O2)c1. The van der Waals surface area contributed by atoms with Crippen LogP contribution in [0.15, 0.2) is 48.5 Å². The number of nitrogens with one attached hydrogen (secondary N) is 1. The maximum Gasteiger partial charge on any atom is 0.337 e. The molecule has 148 valence electrons. The van der Waals surface area contributed by atoms with Gasteiger partial charge >= 0.3 is 5.97 Å². The molecule has 0 aromatic heterocycles. The van der Waals surface area contributed by atoms with E-state index in [1.165, 1.54) is 17.5 Å². The highest BCUT2D eigenvalue weighted by molar-refractivity contribution is 7.92. The summed E-state index contributed by atoms with van der Waals surface area (Å²) in [6.45, 7) is 0.107. The van der Waals surface area contributed by atoms with Gasteiger partial charge in [-0.2, -0.15) is 0 Å². The smallest absolute Gasteiger partial charge is 0.337 e. The lowest BCUT2D eigenvalue weighted by Crippen LogP contribution is -2.36. The van der Waals surface area contributed by atoms with Crippen molar-refractivity contribution in [2.24, 2.45) is 0 Å². The summed E-state index contributed by atoms with van der Waals surface area (Å²) in [5, 5.41) is 2.70. The summed E-state index contributed by atoms with van der Waals surface area (Å²) in [5.74, 6) is -0.638. The number of sulfonamides is 1. The van der Waals surface area contributed by atoms with Gasteiger partial charge in [0.05, 0.1) is 24.6 Å². The maximum atomic E-state index is 12.7. The molecule has 2 aromatic rings. The summed E-state index contributed by atoms with van der Waals surface area (Å²) in [6.07, 6.45) is 0.391. The van der Waals surface area contributed by atoms with Gasteiger partial charge in [-0.15, -0.1) is 0 Å². The first-order chi connectivity index (χ1) is 13.3. The molecule has 28 heavy (non-hydrogen) atoms. The Morgan fingerprint density at radius 1 is 1.18 bits per heavy atom. The summed E-state index contributed by atoms with van der Waals surface area (Å²) in [5.41, 5.74) is 1.11. The summed E-state index contributed by atoms with van der Waals surface area (Å²) in [4.78, 5) is 24.4. The van der Waals surface area contributed by atoms with E-state index in [1.54, 1.807) is 42.5 Å². The van der Waals surface area contributed by atoms with Crippen molar-refractivity contribution in [3.8, 4) is 5.75 Å². The molecule has 0 saturated heterocycles. The number of hydrogen-bond acceptors (Lipinski definition) is 6. The second kappa shape index (κ2) is 7.89. The summed E-state index contributed by atoms with van der Waals surface area (Å²) in [7, 11) is -2.24. The van der Waals surface area contributed by atoms with Crippen LogP contribution < -0.4 is 14.4 Å². The Balaban J connectivity index is 1.82. The number of rotatable bonds is 4. The lowest BCUT2D eigenvalue weighted by molar-refractivity contribution is -0.122. The molecule has 3 rings (SSSR count). The molecule has 0 bridgehead atoms. The molecule has 1 aliphatic heterocycles. The minimum absolute atomic E-state index is 0.107. The van der Waals surface area contributed by atoms with E-state index in [0.717, 1.165) is 6.26 Å². The van der Waals surface area contributed by atoms with Crippen molar-refractivity contribution in [1.29, 1.82) is 0 Å². The van der Waals surface area contributed by atoms with Crippen LogP contribution in [0.2, 0.25) is 0 Å². The molecule has 0 aliphatic carbocycles. The molecule has 0 fully saturated rings. The predicted octanol–water partition coefficient (Wildman–Crippen LogP) is 2.03. The molecular formula is C19H20N2O6S. The summed E-state index contributed by atoms with van der Waals surface area (Å²) >= 11 is 0. The quantitative estimate of drug-likeness (QED) is 0.783. The van der Waals surface area contributed by atoms with E-state index < -0.39 is 28.0 Å². The van der Waals surface area contributed by atoms with E-state index in [9.17, 15) is 18.0 Å². The molecule has 2 aromatic carbocycles. The van der Waals surface area contributed by atoms with Crippen LogP contribution in [0.5, 0.6) is 5.75 Å². The largest absolute Gasteiger partial charge is 0.478 e. The van der Waals surface area contributed by atoms with E-state index >= 15 is 0 Å². The standard InChI is InChI=1S/C19H20N2O6S/c1-26-19(23)13-6-5-7-14(12-13)20-18(22)17-10-11-21(28(2,24)25)15-8-3-4-9-16(15)27-17/h3-9,12,17H,10-11H2,1-2H3,(H,20,22). The predicted molar refractivity (Wildman–Crippen MR) is 104 cm³/mol. The monoisotopic (exact) mass is 404 g/mol. The highest BCUT2D eigenvalue weighted by atomic mass is 32.2. The van der Waals surface area contributed by atoms with E-state index in [1.807, 2.05) is 0 Å². The molecule has 9 heteroatoms. The second-order valence-electron chi connectivity index (χ2n) is 6.26. The number of amides is 1. The lowest BCUT2D eigenvalue weighted by atomic mass is 10.2. The number of ether oxygens (including phenoxy) is 2. The van der Waals surface area contributed by atoms with Crippen molar-refractivity contribution >= 4 is 33.3 Å². The Morgan fingerprint density at radius 3 is 2.64 bits per heavy atom. The van der Waals surface area contributed by atoms with Gasteiger partial charge in [-0.3, -0.25) is 9.10 Å². The van der Waals surface area contributed by atoms with Gasteiger partial charge in [-0.25, -0.2) is 13.2 Å². The minimum Gasteiger partial charge on any atom is -0.478 e. The Kier molecular flexibility index (Phi) is 5.55. The Morgan fingerprint density at radius 2 is 1.93 bits per heavy atom. The van der Waals surface area contributed by atoms with E-state index in [2.05, 4.69) is 10.1 Å². The minimum atomic E-state index is -3.52. The molecule has 1 aliphatic rings. The molecule has 1 N–H and O–H groups in total. The van der Waals surface area contributed by atoms with Gasteiger partial charge in [0.1, 0.15) is 5.75 Å². The number of nitrogens with zero attached hydrogens (tertiary/aromatic N) is 1. The van der Waals surface area contributed by atoms with Crippen molar-refractivity contribution in [3.63, 3.8) is 0 Å². The fraction of sp³-hybridized carbons (Fsp3) is 0.263. The van der Waals surface area contributed by atoms with Crippen LogP contribution in [-0.2, 0) is 19.6 Å². The zero-order valence-electron chi connectivity index (χ0n) is 15.4. The zero-order valence-corrected chi connectivity index (χ0v) is 16.2. The number of benzene rings is 2. The molecule has 0 spiro atoms. The molecule has 1 heterocycles. The first-order valence-electron chi connectivity index (χ1n) is 8.52. The number of fused-ring (bicyclic) bond motifs is 1. The lowest BCUT2D eigenvalue weighted by Gasteiger charge is -2.20. The number of esters is 1. The number of carbonyl (C=O) groups is 2. The molecule has 8 nitrogen and oxygen atoms in total. The first-order valence-corrected chi connectivity index (χ1v) is 10.4. The van der Waals surface area contributed by atoms with Gasteiger partial charge < -0.3 is 14.8 Å². The van der Waals surface area contributed by atoms with Gasteiger partial charge in [-0.1, -0.05) is 18.2 Å². The van der Waals surface area contributed by atoms with Gasteiger partial charge in [-0.05, 0) is 30.3 Å². The number of para-hydroxylation sites is 2. The Bertz CT molecular complexity index is 1000. The fourth-order valence-corrected chi connectivity index (χ4v) is 3.87. The van der Waals surface area contributed by atoms with Crippen LogP contribution >= 0.6 is 0 Å². The highest BCUT2D eigenvalue weighted by Crippen LogP contribution is 2.34. The first kappa shape index (κ1) is 19.7. The molecule has 1 unspecified atom stereocenters. The van der Waals surface area contributed by atoms with Crippen LogP contribution in [0.3, 0.4) is 0 Å². The third-order valence-corrected chi connectivity index (χ3v) is 5.42. The van der Waals surface area contributed by atoms with Crippen molar-refractivity contribution in [1.82, 2.24) is 0 Å². The van der Waals surface area contributed by atoms with Crippen molar-refractivity contribution < 1.29 is 27.5 Å². The zero-order chi connectivity index (χ0) is 20.3. The molecule has 1 atom stereocenters. The normalized spacial score (nSPS) is 16.4. The van der Waals surface area contributed by atoms with Crippen LogP contribution in [0.1, 0.15) is 16.8 Å². The van der Waals surface area contributed by atoms with E-state index in [0.29, 0.717) is 22.7 Å². The van der Waals surface area contributed by atoms with Crippen LogP contribution in [0.4, 0.5) is 11.4 Å². The molecule has 0 radical (unpaired) electrons. The van der Waals surface area contributed by atoms with Crippen molar-refractivity contribution in [3.05, 3.63) is 54.1 Å². The number of carbonyl (C=O) groups excluding carboxylic acids is 2. The highest BCUT2D eigenvalue weighted by Gasteiger charge is 2.31. The average molecular weight is 404 g/mol. The fourth-order valence-electron chi connectivity index (χ4n) is 2.92. The number of methoxy groups -OCH3 is 1. The third kappa shape index (κ3) is 4.25. The van der Waals surface area contributed by atoms with Gasteiger partial charge in [0.2, 0.25) is 10.0 Å². The summed E-state index contributed by atoms with van der Waals surface area (Å²) in [6, 6.07) is 13.0. The Hall–Kier alpha value is -3.07. The summed E-state index contributed by atoms with van der Waals surface area (Å²) < 4.78 is 36.0. The number of anilines is 2. The van der Waals surface area contributed by atoms with Crippen LogP contribution in [-0.4, -0.2) is 46.3 Å². The molecule has 0 saturated carbocycles. The second-order valence-corrected chi connectivity index (χ2v) is 8.17. The third-order valence-electron chi connectivity index (χ3n) is 4.24. The van der Waals surface area contributed by atoms with E-state index in [-0.39, 0.29) is 13.0 Å². The van der Waals surface area contributed by atoms with Crippen molar-refractivity contribution in [2.45, 2.75) is 12.5 Å². The van der Waals surface area contributed by atoms with Gasteiger partial charge in [0, 0.05) is 18.7 Å². The number of hydrogen-bond donors (Lipinski definition) is 1.